The zero-order chi connectivity index (χ0) is 14.8. The summed E-state index contributed by atoms with van der Waals surface area (Å²) in [5.41, 5.74) is 0.728. The van der Waals surface area contributed by atoms with Crippen molar-refractivity contribution < 1.29 is 9.84 Å². The van der Waals surface area contributed by atoms with Gasteiger partial charge in [-0.05, 0) is 25.4 Å². The molecule has 0 radical (unpaired) electrons. The molecule has 7 nitrogen and oxygen atoms in total. The predicted molar refractivity (Wildman–Crippen MR) is 77.0 cm³/mol. The fraction of sp³-hybridized carbons (Fsp3) is 0.583. The summed E-state index contributed by atoms with van der Waals surface area (Å²) < 4.78 is 6.97. The highest BCUT2D eigenvalue weighted by Gasteiger charge is 2.21. The molecule has 0 amide bonds. The molecule has 0 bridgehead atoms. The smallest absolute Gasteiger partial charge is 0.226 e. The third kappa shape index (κ3) is 3.17. The second kappa shape index (κ2) is 5.90. The number of aliphatic hydroxyl groups excluding tert-OH is 1. The van der Waals surface area contributed by atoms with Crippen molar-refractivity contribution in [2.75, 3.05) is 25.6 Å². The van der Waals surface area contributed by atoms with E-state index >= 15 is 0 Å². The maximum Gasteiger partial charge on any atom is 0.226 e. The van der Waals surface area contributed by atoms with Crippen molar-refractivity contribution in [1.82, 2.24) is 19.5 Å². The molecule has 8 heteroatoms. The van der Waals surface area contributed by atoms with E-state index in [0.717, 1.165) is 5.52 Å². The molecule has 0 aliphatic rings. The molecule has 110 valence electrons. The Kier molecular flexibility index (Phi) is 4.42. The molecule has 0 unspecified atom stereocenters. The Balaban J connectivity index is 2.47. The van der Waals surface area contributed by atoms with Gasteiger partial charge in [-0.1, -0.05) is 0 Å². The quantitative estimate of drug-likeness (QED) is 0.782. The zero-order valence-corrected chi connectivity index (χ0v) is 12.5. The minimum atomic E-state index is -0.527. The predicted octanol–water partition coefficient (Wildman–Crippen LogP) is 1.31. The van der Waals surface area contributed by atoms with Gasteiger partial charge in [-0.25, -0.2) is 4.98 Å². The standard InChI is InChI=1S/C12H18ClN5O2/c1-12(2,6-19)17-10-8-9(15-11(13)16-10)14-7-18(8)4-5-20-3/h7,19H,4-6H2,1-3H3,(H,15,16,17). The van der Waals surface area contributed by atoms with Crippen molar-refractivity contribution in [2.45, 2.75) is 25.9 Å². The first-order valence-corrected chi connectivity index (χ1v) is 6.61. The van der Waals surface area contributed by atoms with E-state index in [0.29, 0.717) is 24.6 Å². The number of nitrogens with zero attached hydrogens (tertiary/aromatic N) is 4. The Morgan fingerprint density at radius 3 is 2.85 bits per heavy atom. The van der Waals surface area contributed by atoms with Crippen molar-refractivity contribution in [1.29, 1.82) is 0 Å². The third-order valence-corrected chi connectivity index (χ3v) is 3.00. The van der Waals surface area contributed by atoms with E-state index in [-0.39, 0.29) is 11.9 Å². The highest BCUT2D eigenvalue weighted by molar-refractivity contribution is 6.28. The second-order valence-corrected chi connectivity index (χ2v) is 5.45. The Hall–Kier alpha value is -1.44. The van der Waals surface area contributed by atoms with Crippen molar-refractivity contribution in [3.8, 4) is 0 Å². The maximum atomic E-state index is 9.38. The van der Waals surface area contributed by atoms with E-state index in [1.807, 2.05) is 18.4 Å². The van der Waals surface area contributed by atoms with Gasteiger partial charge in [0.25, 0.3) is 0 Å². The van der Waals surface area contributed by atoms with Gasteiger partial charge in [0.15, 0.2) is 11.5 Å². The molecule has 20 heavy (non-hydrogen) atoms. The molecule has 0 saturated heterocycles. The van der Waals surface area contributed by atoms with E-state index in [1.165, 1.54) is 0 Å². The Labute approximate surface area is 122 Å². The summed E-state index contributed by atoms with van der Waals surface area (Å²) in [6.45, 7) is 4.88. The molecule has 0 spiro atoms. The molecule has 0 aliphatic carbocycles. The number of ether oxygens (including phenoxy) is 1. The van der Waals surface area contributed by atoms with Crippen molar-refractivity contribution in [3.63, 3.8) is 0 Å². The van der Waals surface area contributed by atoms with E-state index in [1.54, 1.807) is 13.4 Å². The average Bonchev–Trinajstić information content (AvgIpc) is 2.79. The molecule has 0 saturated carbocycles. The van der Waals surface area contributed by atoms with Gasteiger partial charge < -0.3 is 19.7 Å². The number of fused-ring (bicyclic) bond motifs is 1. The molecule has 2 N–H and O–H groups in total. The van der Waals surface area contributed by atoms with Crippen LogP contribution in [0.25, 0.3) is 11.2 Å². The number of aromatic nitrogens is 4. The van der Waals surface area contributed by atoms with Crippen LogP contribution in [0.2, 0.25) is 5.28 Å². The SMILES string of the molecule is COCCn1cnc2nc(Cl)nc(NC(C)(C)CO)c21. The topological polar surface area (TPSA) is 85.1 Å². The largest absolute Gasteiger partial charge is 0.394 e. The molecule has 0 aromatic carbocycles. The number of nitrogens with one attached hydrogen (secondary N) is 1. The number of methoxy groups -OCH3 is 1. The van der Waals surface area contributed by atoms with Crippen LogP contribution < -0.4 is 5.32 Å². The van der Waals surface area contributed by atoms with Crippen molar-refractivity contribution >= 4 is 28.6 Å². The minimum absolute atomic E-state index is 0.0394. The summed E-state index contributed by atoms with van der Waals surface area (Å²) in [5, 5.41) is 12.7. The summed E-state index contributed by atoms with van der Waals surface area (Å²) in [7, 11) is 1.64. The summed E-state index contributed by atoms with van der Waals surface area (Å²) in [6.07, 6.45) is 1.67. The van der Waals surface area contributed by atoms with Gasteiger partial charge in [0.1, 0.15) is 5.52 Å². The fourth-order valence-corrected chi connectivity index (χ4v) is 1.92. The zero-order valence-electron chi connectivity index (χ0n) is 11.7. The van der Waals surface area contributed by atoms with Crippen LogP contribution in [-0.4, -0.2) is 50.5 Å². The van der Waals surface area contributed by atoms with Crippen molar-refractivity contribution in [3.05, 3.63) is 11.6 Å². The lowest BCUT2D eigenvalue weighted by molar-refractivity contribution is 0.188. The van der Waals surface area contributed by atoms with Crippen LogP contribution in [-0.2, 0) is 11.3 Å². The van der Waals surface area contributed by atoms with E-state index in [2.05, 4.69) is 20.3 Å². The first kappa shape index (κ1) is 15.0. The van der Waals surface area contributed by atoms with Crippen LogP contribution in [0.3, 0.4) is 0 Å². The van der Waals surface area contributed by atoms with Crippen LogP contribution in [0.1, 0.15) is 13.8 Å². The molecular weight excluding hydrogens is 282 g/mol. The average molecular weight is 300 g/mol. The number of hydrogen-bond donors (Lipinski definition) is 2. The first-order valence-electron chi connectivity index (χ1n) is 6.23. The Morgan fingerprint density at radius 2 is 2.20 bits per heavy atom. The maximum absolute atomic E-state index is 9.38. The Morgan fingerprint density at radius 1 is 1.45 bits per heavy atom. The highest BCUT2D eigenvalue weighted by atomic mass is 35.5. The summed E-state index contributed by atoms with van der Waals surface area (Å²) in [4.78, 5) is 12.5. The molecule has 2 rings (SSSR count). The molecule has 2 aromatic rings. The molecule has 0 atom stereocenters. The van der Waals surface area contributed by atoms with Gasteiger partial charge in [-0.3, -0.25) is 0 Å². The van der Waals surface area contributed by atoms with Gasteiger partial charge >= 0.3 is 0 Å². The van der Waals surface area contributed by atoms with E-state index in [4.69, 9.17) is 16.3 Å². The highest BCUT2D eigenvalue weighted by Crippen LogP contribution is 2.24. The number of aliphatic hydroxyl groups is 1. The van der Waals surface area contributed by atoms with Gasteiger partial charge in [-0.2, -0.15) is 9.97 Å². The van der Waals surface area contributed by atoms with Gasteiger partial charge in [0, 0.05) is 13.7 Å². The van der Waals surface area contributed by atoms with Crippen LogP contribution in [0, 0.1) is 0 Å². The van der Waals surface area contributed by atoms with Crippen molar-refractivity contribution in [2.24, 2.45) is 0 Å². The second-order valence-electron chi connectivity index (χ2n) is 5.11. The fourth-order valence-electron chi connectivity index (χ4n) is 1.76. The molecule has 0 fully saturated rings. The normalized spacial score (nSPS) is 12.1. The lowest BCUT2D eigenvalue weighted by Crippen LogP contribution is -2.35. The monoisotopic (exact) mass is 299 g/mol. The number of imidazole rings is 1. The minimum Gasteiger partial charge on any atom is -0.394 e. The van der Waals surface area contributed by atoms with Gasteiger partial charge in [0.05, 0.1) is 25.1 Å². The number of halogens is 1. The lowest BCUT2D eigenvalue weighted by Gasteiger charge is -2.24. The molecule has 0 aliphatic heterocycles. The van der Waals surface area contributed by atoms with Crippen LogP contribution >= 0.6 is 11.6 Å². The summed E-state index contributed by atoms with van der Waals surface area (Å²) >= 11 is 5.91. The van der Waals surface area contributed by atoms with E-state index < -0.39 is 5.54 Å². The number of anilines is 1. The molecular formula is C12H18ClN5O2. The Bertz CT molecular complexity index is 599. The van der Waals surface area contributed by atoms with Crippen LogP contribution in [0.4, 0.5) is 5.82 Å². The molecule has 2 heterocycles. The van der Waals surface area contributed by atoms with Gasteiger partial charge in [0.2, 0.25) is 5.28 Å². The van der Waals surface area contributed by atoms with Gasteiger partial charge in [-0.15, -0.1) is 0 Å². The molecule has 2 aromatic heterocycles. The third-order valence-electron chi connectivity index (χ3n) is 2.83. The summed E-state index contributed by atoms with van der Waals surface area (Å²) in [5.74, 6) is 0.549. The van der Waals surface area contributed by atoms with E-state index in [9.17, 15) is 5.11 Å². The summed E-state index contributed by atoms with van der Waals surface area (Å²) in [6, 6.07) is 0. The lowest BCUT2D eigenvalue weighted by atomic mass is 10.1. The number of hydrogen-bond acceptors (Lipinski definition) is 6. The van der Waals surface area contributed by atoms with Crippen LogP contribution in [0.15, 0.2) is 6.33 Å². The number of rotatable bonds is 6. The first-order chi connectivity index (χ1) is 9.46. The van der Waals surface area contributed by atoms with Crippen LogP contribution in [0.5, 0.6) is 0 Å².